The van der Waals surface area contributed by atoms with Crippen LogP contribution >= 0.6 is 11.8 Å². The molecule has 3 N–H and O–H groups in total. The van der Waals surface area contributed by atoms with Gasteiger partial charge in [-0.25, -0.2) is 4.79 Å². The van der Waals surface area contributed by atoms with Gasteiger partial charge in [0.05, 0.1) is 5.56 Å². The summed E-state index contributed by atoms with van der Waals surface area (Å²) in [5.41, 5.74) is 6.16. The molecule has 15 heavy (non-hydrogen) atoms. The molecule has 1 aromatic carbocycles. The molecule has 80 valence electrons. The number of aromatic carboxylic acids is 1. The average molecular weight is 225 g/mol. The molecule has 0 saturated carbocycles. The van der Waals surface area contributed by atoms with Crippen LogP contribution < -0.4 is 10.5 Å². The second-order valence-corrected chi connectivity index (χ2v) is 4.45. The molecule has 1 heterocycles. The molecule has 0 amide bonds. The van der Waals surface area contributed by atoms with Gasteiger partial charge in [0.25, 0.3) is 0 Å². The van der Waals surface area contributed by atoms with Gasteiger partial charge in [0.15, 0.2) is 0 Å². The van der Waals surface area contributed by atoms with Crippen molar-refractivity contribution in [1.82, 2.24) is 0 Å². The highest BCUT2D eigenvalue weighted by Gasteiger charge is 2.20. The maximum atomic E-state index is 10.8. The maximum absolute atomic E-state index is 10.8. The van der Waals surface area contributed by atoms with Crippen LogP contribution in [0.3, 0.4) is 0 Å². The van der Waals surface area contributed by atoms with Gasteiger partial charge in [0.1, 0.15) is 11.9 Å². The molecular weight excluding hydrogens is 214 g/mol. The number of nitrogen functional groups attached to an aromatic ring is 1. The Morgan fingerprint density at radius 1 is 1.47 bits per heavy atom. The van der Waals surface area contributed by atoms with Gasteiger partial charge in [-0.05, 0) is 12.1 Å². The summed E-state index contributed by atoms with van der Waals surface area (Å²) in [6, 6.07) is 4.57. The lowest BCUT2D eigenvalue weighted by molar-refractivity contribution is 0.0696. The Bertz CT molecular complexity index is 390. The molecule has 0 spiro atoms. The minimum absolute atomic E-state index is 0.164. The lowest BCUT2D eigenvalue weighted by Crippen LogP contribution is -2.31. The number of rotatable bonds is 3. The Morgan fingerprint density at radius 2 is 2.20 bits per heavy atom. The van der Waals surface area contributed by atoms with E-state index in [1.54, 1.807) is 17.8 Å². The van der Waals surface area contributed by atoms with E-state index in [9.17, 15) is 4.79 Å². The fourth-order valence-corrected chi connectivity index (χ4v) is 1.85. The summed E-state index contributed by atoms with van der Waals surface area (Å²) >= 11 is 1.81. The van der Waals surface area contributed by atoms with Crippen molar-refractivity contribution in [2.24, 2.45) is 0 Å². The molecule has 0 bridgehead atoms. The topological polar surface area (TPSA) is 72.5 Å². The molecule has 0 atom stereocenters. The molecule has 1 aromatic rings. The molecule has 5 heteroatoms. The van der Waals surface area contributed by atoms with Gasteiger partial charge in [-0.15, -0.1) is 0 Å². The Kier molecular flexibility index (Phi) is 2.73. The number of nitrogens with two attached hydrogens (primary N) is 1. The van der Waals surface area contributed by atoms with Gasteiger partial charge in [-0.3, -0.25) is 0 Å². The number of hydrogen-bond donors (Lipinski definition) is 2. The average Bonchev–Trinajstić information content (AvgIpc) is 2.10. The maximum Gasteiger partial charge on any atom is 0.335 e. The molecule has 4 nitrogen and oxygen atoms in total. The van der Waals surface area contributed by atoms with Crippen molar-refractivity contribution in [2.45, 2.75) is 6.10 Å². The van der Waals surface area contributed by atoms with E-state index in [1.165, 1.54) is 12.1 Å². The summed E-state index contributed by atoms with van der Waals surface area (Å²) < 4.78 is 5.56. The quantitative estimate of drug-likeness (QED) is 0.762. The zero-order valence-electron chi connectivity index (χ0n) is 7.97. The smallest absolute Gasteiger partial charge is 0.335 e. The Hall–Kier alpha value is -1.36. The van der Waals surface area contributed by atoms with E-state index < -0.39 is 5.97 Å². The van der Waals surface area contributed by atoms with Crippen LogP contribution in [0, 0.1) is 0 Å². The highest BCUT2D eigenvalue weighted by molar-refractivity contribution is 8.00. The van der Waals surface area contributed by atoms with E-state index >= 15 is 0 Å². The first kappa shape index (κ1) is 10.2. The molecule has 2 rings (SSSR count). The van der Waals surface area contributed by atoms with Gasteiger partial charge < -0.3 is 15.6 Å². The number of carbonyl (C=O) groups is 1. The van der Waals surface area contributed by atoms with Crippen molar-refractivity contribution >= 4 is 23.4 Å². The molecule has 0 radical (unpaired) electrons. The SMILES string of the molecule is Nc1cc(OC2CSC2)cc(C(=O)O)c1. The molecule has 1 aliphatic rings. The fourth-order valence-electron chi connectivity index (χ4n) is 1.29. The van der Waals surface area contributed by atoms with Crippen molar-refractivity contribution in [3.05, 3.63) is 23.8 Å². The van der Waals surface area contributed by atoms with Crippen molar-refractivity contribution in [3.63, 3.8) is 0 Å². The van der Waals surface area contributed by atoms with E-state index in [2.05, 4.69) is 0 Å². The number of carboxylic acid groups (broad SMARTS) is 1. The van der Waals surface area contributed by atoms with Crippen LogP contribution in [-0.4, -0.2) is 28.7 Å². The molecule has 0 unspecified atom stereocenters. The van der Waals surface area contributed by atoms with E-state index in [4.69, 9.17) is 15.6 Å². The normalized spacial score (nSPS) is 15.7. The van der Waals surface area contributed by atoms with Crippen LogP contribution in [0.25, 0.3) is 0 Å². The number of ether oxygens (including phenoxy) is 1. The van der Waals surface area contributed by atoms with E-state index in [-0.39, 0.29) is 11.7 Å². The standard InChI is InChI=1S/C10H11NO3S/c11-7-1-6(10(12)13)2-8(3-7)14-9-4-15-5-9/h1-3,9H,4-5,11H2,(H,12,13). The van der Waals surface area contributed by atoms with Crippen LogP contribution in [0.4, 0.5) is 5.69 Å². The van der Waals surface area contributed by atoms with Crippen LogP contribution in [0.1, 0.15) is 10.4 Å². The van der Waals surface area contributed by atoms with Gasteiger partial charge >= 0.3 is 5.97 Å². The number of anilines is 1. The van der Waals surface area contributed by atoms with Crippen molar-refractivity contribution in [2.75, 3.05) is 17.2 Å². The predicted octanol–water partition coefficient (Wildman–Crippen LogP) is 1.46. The van der Waals surface area contributed by atoms with Gasteiger partial charge in [0, 0.05) is 23.3 Å². The molecule has 0 aliphatic carbocycles. The van der Waals surface area contributed by atoms with Crippen LogP contribution in [-0.2, 0) is 0 Å². The summed E-state index contributed by atoms with van der Waals surface area (Å²) in [5.74, 6) is 1.46. The predicted molar refractivity (Wildman–Crippen MR) is 59.6 cm³/mol. The monoisotopic (exact) mass is 225 g/mol. The number of thioether (sulfide) groups is 1. The first-order valence-electron chi connectivity index (χ1n) is 4.53. The third-order valence-electron chi connectivity index (χ3n) is 2.09. The summed E-state index contributed by atoms with van der Waals surface area (Å²) in [6.07, 6.45) is 0.193. The van der Waals surface area contributed by atoms with Crippen molar-refractivity contribution in [1.29, 1.82) is 0 Å². The summed E-state index contributed by atoms with van der Waals surface area (Å²) in [5, 5.41) is 8.82. The minimum Gasteiger partial charge on any atom is -0.489 e. The molecule has 1 saturated heterocycles. The largest absolute Gasteiger partial charge is 0.489 e. The lowest BCUT2D eigenvalue weighted by Gasteiger charge is -2.26. The molecular formula is C10H11NO3S. The Labute approximate surface area is 91.4 Å². The van der Waals surface area contributed by atoms with Crippen LogP contribution in [0.15, 0.2) is 18.2 Å². The van der Waals surface area contributed by atoms with Crippen molar-refractivity contribution < 1.29 is 14.6 Å². The summed E-state index contributed by atoms with van der Waals surface area (Å²) in [6.45, 7) is 0. The van der Waals surface area contributed by atoms with Gasteiger partial charge in [-0.2, -0.15) is 11.8 Å². The fraction of sp³-hybridized carbons (Fsp3) is 0.300. The molecule has 1 fully saturated rings. The van der Waals surface area contributed by atoms with E-state index in [0.717, 1.165) is 11.5 Å². The van der Waals surface area contributed by atoms with Crippen molar-refractivity contribution in [3.8, 4) is 5.75 Å². The van der Waals surface area contributed by atoms with Gasteiger partial charge in [-0.1, -0.05) is 0 Å². The van der Waals surface area contributed by atoms with E-state index in [0.29, 0.717) is 11.4 Å². The first-order chi connectivity index (χ1) is 7.15. The number of carboxylic acids is 1. The van der Waals surface area contributed by atoms with Crippen LogP contribution in [0.5, 0.6) is 5.75 Å². The molecule has 0 aromatic heterocycles. The summed E-state index contributed by atoms with van der Waals surface area (Å²) in [7, 11) is 0. The highest BCUT2D eigenvalue weighted by Crippen LogP contribution is 2.26. The highest BCUT2D eigenvalue weighted by atomic mass is 32.2. The van der Waals surface area contributed by atoms with Crippen LogP contribution in [0.2, 0.25) is 0 Å². The van der Waals surface area contributed by atoms with E-state index in [1.807, 2.05) is 0 Å². The zero-order chi connectivity index (χ0) is 10.8. The Balaban J connectivity index is 2.18. The third-order valence-corrected chi connectivity index (χ3v) is 3.30. The lowest BCUT2D eigenvalue weighted by atomic mass is 10.2. The van der Waals surface area contributed by atoms with Gasteiger partial charge in [0.2, 0.25) is 0 Å². The number of benzene rings is 1. The zero-order valence-corrected chi connectivity index (χ0v) is 8.79. The summed E-state index contributed by atoms with van der Waals surface area (Å²) in [4.78, 5) is 10.8. The Morgan fingerprint density at radius 3 is 2.73 bits per heavy atom. The second-order valence-electron chi connectivity index (χ2n) is 3.37. The number of hydrogen-bond acceptors (Lipinski definition) is 4. The third kappa shape index (κ3) is 2.36. The minimum atomic E-state index is -0.991. The second kappa shape index (κ2) is 4.02. The first-order valence-corrected chi connectivity index (χ1v) is 5.69. The molecule has 1 aliphatic heterocycles.